The number of H-pyrrole nitrogens is 3. The molecule has 0 bridgehead atoms. The molecule has 15 aromatic rings. The third-order valence-electron chi connectivity index (χ3n) is 18.2. The number of aliphatic hydroxyl groups is 1. The molecule has 0 radical (unpaired) electrons. The van der Waals surface area contributed by atoms with Gasteiger partial charge in [-0.1, -0.05) is 54.6 Å². The first kappa shape index (κ1) is 80.1. The minimum Gasteiger partial charge on any atom is -0.480 e. The van der Waals surface area contributed by atoms with Gasteiger partial charge in [-0.2, -0.15) is 0 Å². The quantitative estimate of drug-likeness (QED) is 0.0194. The number of aliphatic carboxylic acids is 1. The van der Waals surface area contributed by atoms with E-state index in [0.717, 1.165) is 61.2 Å². The van der Waals surface area contributed by atoms with Crippen molar-refractivity contribution in [1.82, 2.24) is 96.0 Å². The Bertz CT molecular complexity index is 5820. The highest BCUT2D eigenvalue weighted by Crippen LogP contribution is 2.31. The lowest BCUT2D eigenvalue weighted by atomic mass is 10.1. The van der Waals surface area contributed by atoms with Crippen molar-refractivity contribution in [2.24, 2.45) is 0 Å². The highest BCUT2D eigenvalue weighted by molar-refractivity contribution is 6.03. The Kier molecular flexibility index (Phi) is 26.1. The molecule has 34 nitrogen and oxygen atoms in total. The number of aromatic nitrogens is 15. The number of aliphatic hydroxyl groups excluding tert-OH is 1. The van der Waals surface area contributed by atoms with Gasteiger partial charge in [0, 0.05) is 150 Å². The predicted molar refractivity (Wildman–Crippen MR) is 447 cm³/mol. The van der Waals surface area contributed by atoms with E-state index in [0.29, 0.717) is 75.1 Å². The fourth-order valence-corrected chi connectivity index (χ4v) is 12.4. The van der Waals surface area contributed by atoms with Crippen LogP contribution in [0.4, 0.5) is 52.8 Å². The minimum atomic E-state index is -1.23. The summed E-state index contributed by atoms with van der Waals surface area (Å²) < 4.78 is 5.02. The van der Waals surface area contributed by atoms with E-state index in [2.05, 4.69) is 112 Å². The summed E-state index contributed by atoms with van der Waals surface area (Å²) in [5.74, 6) is -0.988. The number of ether oxygens (including phenoxy) is 1. The van der Waals surface area contributed by atoms with E-state index in [-0.39, 0.29) is 32.8 Å². The van der Waals surface area contributed by atoms with Gasteiger partial charge < -0.3 is 81.8 Å². The van der Waals surface area contributed by atoms with Gasteiger partial charge in [0.1, 0.15) is 18.1 Å². The molecule has 9 aromatic heterocycles. The normalized spacial score (nSPS) is 11.6. The molecule has 15 rings (SSSR count). The molecule has 0 aliphatic rings. The van der Waals surface area contributed by atoms with Gasteiger partial charge in [0.05, 0.1) is 67.5 Å². The van der Waals surface area contributed by atoms with Gasteiger partial charge in [-0.3, -0.25) is 19.2 Å². The molecule has 0 spiro atoms. The lowest BCUT2D eigenvalue weighted by Gasteiger charge is -2.27. The number of anilines is 9. The molecule has 4 amide bonds. The Balaban J connectivity index is 0.000000154. The van der Waals surface area contributed by atoms with Crippen LogP contribution in [-0.2, 0) is 19.1 Å². The molecular formula is C84H79N25O9. The Morgan fingerprint density at radius 3 is 1.03 bits per heavy atom. The molecule has 0 saturated heterocycles. The van der Waals surface area contributed by atoms with Gasteiger partial charge in [-0.05, 0) is 146 Å². The number of rotatable bonds is 29. The van der Waals surface area contributed by atoms with E-state index in [1.165, 1.54) is 7.11 Å². The molecule has 34 heteroatoms. The Morgan fingerprint density at radius 1 is 0.390 bits per heavy atom. The van der Waals surface area contributed by atoms with Crippen molar-refractivity contribution >= 4 is 121 Å². The van der Waals surface area contributed by atoms with Crippen LogP contribution in [0.5, 0.6) is 0 Å². The van der Waals surface area contributed by atoms with Gasteiger partial charge in [-0.25, -0.2) is 69.4 Å². The zero-order valence-electron chi connectivity index (χ0n) is 64.0. The van der Waals surface area contributed by atoms with Crippen LogP contribution in [0.2, 0.25) is 0 Å². The number of amides is 4. The molecule has 3 atom stereocenters. The largest absolute Gasteiger partial charge is 0.480 e. The Hall–Kier alpha value is -16.0. The van der Waals surface area contributed by atoms with Crippen molar-refractivity contribution in [1.29, 1.82) is 0 Å². The van der Waals surface area contributed by atoms with E-state index in [1.807, 2.05) is 121 Å². The van der Waals surface area contributed by atoms with Crippen molar-refractivity contribution in [2.45, 2.75) is 18.1 Å². The summed E-state index contributed by atoms with van der Waals surface area (Å²) in [5, 5.41) is 41.4. The first-order chi connectivity index (χ1) is 57.6. The predicted octanol–water partition coefficient (Wildman–Crippen LogP) is 9.55. The molecule has 118 heavy (non-hydrogen) atoms. The molecule has 6 aromatic carbocycles. The molecule has 0 saturated carbocycles. The second-order valence-corrected chi connectivity index (χ2v) is 25.9. The lowest BCUT2D eigenvalue weighted by molar-refractivity contribution is -0.142. The van der Waals surface area contributed by atoms with Crippen molar-refractivity contribution in [2.75, 3.05) is 91.7 Å². The maximum Gasteiger partial charge on any atom is 0.330 e. The number of nitrogens with one attached hydrogen (secondary N) is 10. The number of carboxylic acids is 1. The molecule has 594 valence electrons. The monoisotopic (exact) mass is 1580 g/mol. The number of hydrogen-bond donors (Lipinski definition) is 12. The topological polar surface area (TPSA) is 448 Å². The number of fused-ring (bicyclic) bond motifs is 3. The standard InChI is InChI=1S/C29H29N9O3.C28H26N8O3.C27H24N8O3/c1-30-28-32-13-10-23(37-28)24-17-20-16-19(8-9-22(20)35-24)26(40)36-25(27(41)31-14-15-39)18-38(21-6-3-2-4-7-21)29-33-11-5-12-34-29;1-29-27-30-14-11-22(35-27)23-16-19-15-18(9-10-21(19)33-23)25(37)34-24(26(38)39-2)17-36(20-7-4-3-5-8-20)28-31-12-6-13-32-28;1-28-26-29-13-10-21(34-26)22-15-18-14-17(8-9-20(18)32-22)24(36)33-23(25(37)38)16-35(19-6-3-2-4-7-19)27-30-11-5-12-31-27/h2-13,16-17,25,35,39H,14-15,18H2,1H3,(H,31,41)(H,36,40)(H,30,32,37);3-16,24,33H,17H2,1-2H3,(H,34,37)(H,29,30,35);2-15,23,32H,16H2,1H3,(H,33,36)(H,37,38)(H,28,29,34). The number of para-hydroxylation sites is 3. The molecule has 3 unspecified atom stereocenters. The number of carbonyl (C=O) groups is 6. The number of nitrogens with zero attached hydrogens (tertiary/aromatic N) is 15. The molecule has 9 heterocycles. The van der Waals surface area contributed by atoms with Crippen LogP contribution in [0.1, 0.15) is 31.1 Å². The molecule has 0 aliphatic carbocycles. The van der Waals surface area contributed by atoms with Crippen molar-refractivity contribution in [3.8, 4) is 34.2 Å². The number of methoxy groups -OCH3 is 1. The number of carbonyl (C=O) groups excluding carboxylic acids is 5. The average Bonchev–Trinajstić information content (AvgIpc) is 1.65. The van der Waals surface area contributed by atoms with Crippen LogP contribution in [0.3, 0.4) is 0 Å². The molecule has 0 fully saturated rings. The first-order valence-electron chi connectivity index (χ1n) is 36.9. The van der Waals surface area contributed by atoms with Gasteiger partial charge in [-0.15, -0.1) is 0 Å². The number of aromatic amines is 3. The SMILES string of the molecule is CNc1nccc(-c2cc3cc(C(=O)NC(CN(c4ccccc4)c4ncccn4)C(=O)NCCO)ccc3[nH]2)n1.CNc1nccc(-c2cc3cc(C(=O)NC(CN(c4ccccc4)c4ncccn4)C(=O)O)ccc3[nH]2)n1.CNc1nccc(-c2cc3cc(C(=O)NC(CN(c4ccccc4)c4ncccn4)C(=O)OC)ccc3[nH]2)n1. The smallest absolute Gasteiger partial charge is 0.330 e. The van der Waals surface area contributed by atoms with E-state index < -0.39 is 53.7 Å². The summed E-state index contributed by atoms with van der Waals surface area (Å²) in [6, 6.07) is 56.5. The van der Waals surface area contributed by atoms with Gasteiger partial charge in [0.15, 0.2) is 0 Å². The maximum atomic E-state index is 13.5. The summed E-state index contributed by atoms with van der Waals surface area (Å²) in [6.45, 7) is -0.146. The highest BCUT2D eigenvalue weighted by atomic mass is 16.5. The average molecular weight is 1580 g/mol. The summed E-state index contributed by atoms with van der Waals surface area (Å²) in [6.07, 6.45) is 14.6. The van der Waals surface area contributed by atoms with Gasteiger partial charge in [0.25, 0.3) is 17.7 Å². The Morgan fingerprint density at radius 2 is 0.712 bits per heavy atom. The minimum absolute atomic E-state index is 0.0504. The zero-order valence-corrected chi connectivity index (χ0v) is 64.0. The van der Waals surface area contributed by atoms with E-state index in [1.54, 1.807) is 170 Å². The fourth-order valence-electron chi connectivity index (χ4n) is 12.4. The second-order valence-electron chi connectivity index (χ2n) is 25.9. The Labute approximate surface area is 674 Å². The molecule has 12 N–H and O–H groups in total. The van der Waals surface area contributed by atoms with Crippen molar-refractivity contribution < 1.29 is 43.7 Å². The molecule has 0 aliphatic heterocycles. The van der Waals surface area contributed by atoms with Gasteiger partial charge in [0.2, 0.25) is 41.6 Å². The zero-order chi connectivity index (χ0) is 82.3. The number of esters is 1. The van der Waals surface area contributed by atoms with E-state index >= 15 is 0 Å². The second kappa shape index (κ2) is 38.5. The third-order valence-corrected chi connectivity index (χ3v) is 18.2. The first-order valence-corrected chi connectivity index (χ1v) is 36.9. The highest BCUT2D eigenvalue weighted by Gasteiger charge is 2.31. The van der Waals surface area contributed by atoms with Crippen molar-refractivity contribution in [3.05, 3.63) is 273 Å². The summed E-state index contributed by atoms with van der Waals surface area (Å²) in [7, 11) is 6.53. The van der Waals surface area contributed by atoms with Crippen LogP contribution >= 0.6 is 0 Å². The number of carboxylic acid groups (broad SMARTS) is 1. The van der Waals surface area contributed by atoms with Crippen LogP contribution in [0.15, 0.2) is 256 Å². The lowest BCUT2D eigenvalue weighted by Crippen LogP contribution is -2.52. The van der Waals surface area contributed by atoms with Crippen LogP contribution in [0, 0.1) is 0 Å². The van der Waals surface area contributed by atoms with Crippen LogP contribution in [0.25, 0.3) is 66.9 Å². The number of hydrogen-bond acceptors (Lipinski definition) is 26. The van der Waals surface area contributed by atoms with E-state index in [9.17, 15) is 39.0 Å². The van der Waals surface area contributed by atoms with Gasteiger partial charge >= 0.3 is 11.9 Å². The van der Waals surface area contributed by atoms with Crippen LogP contribution in [-0.4, -0.2) is 200 Å². The summed E-state index contributed by atoms with van der Waals surface area (Å²) in [4.78, 5) is 145. The summed E-state index contributed by atoms with van der Waals surface area (Å²) in [5.41, 5.74) is 10.2. The summed E-state index contributed by atoms with van der Waals surface area (Å²) >= 11 is 0. The third kappa shape index (κ3) is 20.1. The fraction of sp³-hybridized carbons (Fsp3) is 0.143. The van der Waals surface area contributed by atoms with Crippen LogP contribution < -0.4 is 51.9 Å². The molecular weight excluding hydrogens is 1500 g/mol. The number of benzene rings is 6. The van der Waals surface area contributed by atoms with Crippen molar-refractivity contribution in [3.63, 3.8) is 0 Å². The van der Waals surface area contributed by atoms with E-state index in [4.69, 9.17) is 4.74 Å². The maximum absolute atomic E-state index is 13.5.